The maximum atomic E-state index is 13.1. The Kier molecular flexibility index (Phi) is 4.81. The Morgan fingerprint density at radius 2 is 1.74 bits per heavy atom. The first-order valence-corrected chi connectivity index (χ1v) is 11.3. The summed E-state index contributed by atoms with van der Waals surface area (Å²) in [5.74, 6) is 0.994. The molecular formula is C20H29N3O3S. The third-order valence-corrected chi connectivity index (χ3v) is 8.82. The molecule has 2 aliphatic carbocycles. The fraction of sp³-hybridized carbons (Fsp3) is 0.650. The highest BCUT2D eigenvalue weighted by Gasteiger charge is 2.50. The van der Waals surface area contributed by atoms with E-state index >= 15 is 0 Å². The molecule has 1 heterocycles. The maximum Gasteiger partial charge on any atom is 0.243 e. The highest BCUT2D eigenvalue weighted by Crippen LogP contribution is 2.48. The second-order valence-corrected chi connectivity index (χ2v) is 10.3. The number of carbonyl (C=O) groups excluding carboxylic acids is 1. The molecule has 0 aromatic heterocycles. The third kappa shape index (κ3) is 3.19. The van der Waals surface area contributed by atoms with E-state index in [1.54, 1.807) is 6.07 Å². The van der Waals surface area contributed by atoms with Crippen LogP contribution in [-0.2, 0) is 14.8 Å². The van der Waals surface area contributed by atoms with Crippen LogP contribution in [-0.4, -0.2) is 55.8 Å². The van der Waals surface area contributed by atoms with E-state index in [9.17, 15) is 13.2 Å². The second kappa shape index (κ2) is 6.87. The topological polar surface area (TPSA) is 83.7 Å². The standard InChI is InChI=1S/C20H29N3O3S/c1-13-3-4-14(2)17(11-13)27(25,26)23-9-7-22(8-10-23)20(24)18-15-5-6-16(12-15)19(18)21/h3-4,11,15-16,18-19H,5-10,12,21H2,1-2H3. The maximum absolute atomic E-state index is 13.1. The van der Waals surface area contributed by atoms with Gasteiger partial charge in [-0.3, -0.25) is 4.79 Å². The summed E-state index contributed by atoms with van der Waals surface area (Å²) >= 11 is 0. The highest BCUT2D eigenvalue weighted by atomic mass is 32.2. The van der Waals surface area contributed by atoms with E-state index in [4.69, 9.17) is 5.73 Å². The molecule has 0 spiro atoms. The monoisotopic (exact) mass is 391 g/mol. The lowest BCUT2D eigenvalue weighted by Gasteiger charge is -2.38. The molecule has 1 aromatic carbocycles. The SMILES string of the molecule is Cc1ccc(C)c(S(=O)(=O)N2CCN(C(=O)C3C4CCC(C4)C3N)CC2)c1. The molecular weight excluding hydrogens is 362 g/mol. The van der Waals surface area contributed by atoms with E-state index in [1.165, 1.54) is 4.31 Å². The van der Waals surface area contributed by atoms with Crippen molar-refractivity contribution in [3.8, 4) is 0 Å². The second-order valence-electron chi connectivity index (χ2n) is 8.43. The van der Waals surface area contributed by atoms with Gasteiger partial charge >= 0.3 is 0 Å². The van der Waals surface area contributed by atoms with Crippen molar-refractivity contribution in [2.24, 2.45) is 23.5 Å². The predicted molar refractivity (Wildman–Crippen MR) is 104 cm³/mol. The van der Waals surface area contributed by atoms with Gasteiger partial charge < -0.3 is 10.6 Å². The first-order valence-electron chi connectivity index (χ1n) is 9.91. The molecule has 4 atom stereocenters. The predicted octanol–water partition coefficient (Wildman–Crippen LogP) is 1.51. The molecule has 1 saturated heterocycles. The van der Waals surface area contributed by atoms with Gasteiger partial charge in [-0.25, -0.2) is 8.42 Å². The molecule has 1 aliphatic heterocycles. The Bertz CT molecular complexity index is 844. The van der Waals surface area contributed by atoms with Crippen LogP contribution in [0.2, 0.25) is 0 Å². The van der Waals surface area contributed by atoms with E-state index in [0.717, 1.165) is 30.4 Å². The number of sulfonamides is 1. The molecule has 4 unspecified atom stereocenters. The Hall–Kier alpha value is -1.44. The van der Waals surface area contributed by atoms with Crippen molar-refractivity contribution in [2.75, 3.05) is 26.2 Å². The summed E-state index contributed by atoms with van der Waals surface area (Å²) in [7, 11) is -3.53. The summed E-state index contributed by atoms with van der Waals surface area (Å²) in [5, 5.41) is 0. The van der Waals surface area contributed by atoms with Crippen LogP contribution in [0.25, 0.3) is 0 Å². The lowest BCUT2D eigenvalue weighted by atomic mass is 9.84. The van der Waals surface area contributed by atoms with Gasteiger partial charge in [-0.15, -0.1) is 0 Å². The minimum Gasteiger partial charge on any atom is -0.340 e. The van der Waals surface area contributed by atoms with Gasteiger partial charge in [-0.05, 0) is 62.1 Å². The number of hydrogen-bond donors (Lipinski definition) is 1. The molecule has 7 heteroatoms. The number of nitrogens with zero attached hydrogens (tertiary/aromatic N) is 2. The zero-order chi connectivity index (χ0) is 19.3. The van der Waals surface area contributed by atoms with Crippen LogP contribution < -0.4 is 5.73 Å². The number of benzene rings is 1. The highest BCUT2D eigenvalue weighted by molar-refractivity contribution is 7.89. The van der Waals surface area contributed by atoms with Crippen LogP contribution in [0.4, 0.5) is 0 Å². The molecule has 2 bridgehead atoms. The van der Waals surface area contributed by atoms with Crippen LogP contribution in [0, 0.1) is 31.6 Å². The van der Waals surface area contributed by atoms with E-state index in [0.29, 0.717) is 42.9 Å². The summed E-state index contributed by atoms with van der Waals surface area (Å²) in [4.78, 5) is 15.2. The van der Waals surface area contributed by atoms with Gasteiger partial charge in [0.2, 0.25) is 15.9 Å². The lowest BCUT2D eigenvalue weighted by Crippen LogP contribution is -2.54. The molecule has 27 heavy (non-hydrogen) atoms. The van der Waals surface area contributed by atoms with Gasteiger partial charge in [0.05, 0.1) is 10.8 Å². The summed E-state index contributed by atoms with van der Waals surface area (Å²) in [5.41, 5.74) is 8.01. The zero-order valence-electron chi connectivity index (χ0n) is 16.1. The Labute approximate surface area is 161 Å². The van der Waals surface area contributed by atoms with E-state index in [2.05, 4.69) is 0 Å². The van der Waals surface area contributed by atoms with E-state index in [-0.39, 0.29) is 17.9 Å². The minimum absolute atomic E-state index is 0.0204. The van der Waals surface area contributed by atoms with Crippen LogP contribution in [0.15, 0.2) is 23.1 Å². The summed E-state index contributed by atoms with van der Waals surface area (Å²) in [6.45, 7) is 5.30. The Balaban J connectivity index is 1.44. The van der Waals surface area contributed by atoms with Crippen LogP contribution in [0.5, 0.6) is 0 Å². The van der Waals surface area contributed by atoms with Crippen molar-refractivity contribution in [3.63, 3.8) is 0 Å². The van der Waals surface area contributed by atoms with Crippen LogP contribution in [0.3, 0.4) is 0 Å². The first kappa shape index (κ1) is 18.9. The number of rotatable bonds is 3. The fourth-order valence-electron chi connectivity index (χ4n) is 5.19. The third-order valence-electron chi connectivity index (χ3n) is 6.78. The number of fused-ring (bicyclic) bond motifs is 2. The number of amides is 1. The fourth-order valence-corrected chi connectivity index (χ4v) is 6.92. The van der Waals surface area contributed by atoms with Crippen molar-refractivity contribution in [1.82, 2.24) is 9.21 Å². The van der Waals surface area contributed by atoms with Crippen LogP contribution in [0.1, 0.15) is 30.4 Å². The van der Waals surface area contributed by atoms with Gasteiger partial charge in [-0.1, -0.05) is 12.1 Å². The number of hydrogen-bond acceptors (Lipinski definition) is 4. The molecule has 1 amide bonds. The van der Waals surface area contributed by atoms with Gasteiger partial charge in [-0.2, -0.15) is 4.31 Å². The average Bonchev–Trinajstić information content (AvgIpc) is 3.24. The van der Waals surface area contributed by atoms with Gasteiger partial charge in [0.1, 0.15) is 0 Å². The van der Waals surface area contributed by atoms with Crippen molar-refractivity contribution >= 4 is 15.9 Å². The first-order chi connectivity index (χ1) is 12.8. The largest absolute Gasteiger partial charge is 0.340 e. The molecule has 148 valence electrons. The molecule has 1 aromatic rings. The van der Waals surface area contributed by atoms with Gasteiger partial charge in [0.25, 0.3) is 0 Å². The lowest BCUT2D eigenvalue weighted by molar-refractivity contribution is -0.139. The molecule has 2 saturated carbocycles. The average molecular weight is 392 g/mol. The van der Waals surface area contributed by atoms with Gasteiger partial charge in [0, 0.05) is 32.2 Å². The van der Waals surface area contributed by atoms with Gasteiger partial charge in [0.15, 0.2) is 0 Å². The Morgan fingerprint density at radius 3 is 2.37 bits per heavy atom. The molecule has 3 aliphatic rings. The number of nitrogens with two attached hydrogens (primary N) is 1. The molecule has 0 radical (unpaired) electrons. The number of piperazine rings is 1. The molecule has 3 fully saturated rings. The van der Waals surface area contributed by atoms with E-state index < -0.39 is 10.0 Å². The quantitative estimate of drug-likeness (QED) is 0.847. The molecule has 6 nitrogen and oxygen atoms in total. The normalized spacial score (nSPS) is 31.4. The number of aryl methyl sites for hydroxylation is 2. The molecule has 4 rings (SSSR count). The smallest absolute Gasteiger partial charge is 0.243 e. The van der Waals surface area contributed by atoms with Crippen molar-refractivity contribution in [3.05, 3.63) is 29.3 Å². The molecule has 2 N–H and O–H groups in total. The summed E-state index contributed by atoms with van der Waals surface area (Å²) in [6, 6.07) is 5.48. The van der Waals surface area contributed by atoms with Crippen molar-refractivity contribution in [2.45, 2.75) is 44.0 Å². The zero-order valence-corrected chi connectivity index (χ0v) is 16.9. The minimum atomic E-state index is -3.53. The summed E-state index contributed by atoms with van der Waals surface area (Å²) < 4.78 is 27.6. The number of carbonyl (C=O) groups is 1. The summed E-state index contributed by atoms with van der Waals surface area (Å²) in [6.07, 6.45) is 3.34. The Morgan fingerprint density at radius 1 is 1.07 bits per heavy atom. The van der Waals surface area contributed by atoms with Crippen LogP contribution >= 0.6 is 0 Å². The van der Waals surface area contributed by atoms with E-state index in [1.807, 2.05) is 30.9 Å². The van der Waals surface area contributed by atoms with Crippen molar-refractivity contribution in [1.29, 1.82) is 0 Å². The van der Waals surface area contributed by atoms with Crippen molar-refractivity contribution < 1.29 is 13.2 Å².